The average Bonchev–Trinajstić information content (AvgIpc) is 3.13. The number of methoxy groups -OCH3 is 1. The van der Waals surface area contributed by atoms with Crippen LogP contribution in [0.3, 0.4) is 0 Å². The van der Waals surface area contributed by atoms with Crippen LogP contribution >= 0.6 is 0 Å². The third-order valence-electron chi connectivity index (χ3n) is 4.17. The van der Waals surface area contributed by atoms with Gasteiger partial charge in [0.05, 0.1) is 13.7 Å². The van der Waals surface area contributed by atoms with Gasteiger partial charge in [-0.15, -0.1) is 0 Å². The van der Waals surface area contributed by atoms with Gasteiger partial charge < -0.3 is 14.5 Å². The Balaban J connectivity index is 1.61. The number of hydrogen-bond donors (Lipinski definition) is 1. The molecule has 0 unspecified atom stereocenters. The Kier molecular flexibility index (Phi) is 4.62. The van der Waals surface area contributed by atoms with Gasteiger partial charge in [0.2, 0.25) is 5.91 Å². The second kappa shape index (κ2) is 6.87. The second-order valence-electron chi connectivity index (χ2n) is 5.83. The zero-order valence-electron chi connectivity index (χ0n) is 14.5. The summed E-state index contributed by atoms with van der Waals surface area (Å²) in [6.07, 6.45) is 0. The molecule has 0 bridgehead atoms. The average molecular weight is 354 g/mol. The summed E-state index contributed by atoms with van der Waals surface area (Å²) in [5, 5.41) is 2.67. The highest BCUT2D eigenvalue weighted by atomic mass is 16.5. The number of esters is 1. The van der Waals surface area contributed by atoms with Crippen molar-refractivity contribution in [2.75, 3.05) is 13.7 Å². The first kappa shape index (κ1) is 17.5. The van der Waals surface area contributed by atoms with Crippen molar-refractivity contribution in [3.05, 3.63) is 65.1 Å². The van der Waals surface area contributed by atoms with Crippen LogP contribution < -0.4 is 5.32 Å². The van der Waals surface area contributed by atoms with Crippen LogP contribution in [-0.2, 0) is 16.1 Å². The van der Waals surface area contributed by atoms with E-state index in [-0.39, 0.29) is 24.9 Å². The number of nitrogens with zero attached hydrogens (tertiary/aromatic N) is 1. The molecular weight excluding hydrogens is 336 g/mol. The van der Waals surface area contributed by atoms with E-state index in [2.05, 4.69) is 16.6 Å². The predicted octanol–water partition coefficient (Wildman–Crippen LogP) is 2.12. The van der Waals surface area contributed by atoms with Crippen molar-refractivity contribution < 1.29 is 23.5 Å². The van der Waals surface area contributed by atoms with Gasteiger partial charge in [0.1, 0.15) is 23.6 Å². The van der Waals surface area contributed by atoms with Gasteiger partial charge in [-0.1, -0.05) is 24.8 Å². The van der Waals surface area contributed by atoms with Gasteiger partial charge in [-0.2, -0.15) is 0 Å². The standard InChI is InChI=1S/C19H18N2O5/c1-11-14-6-4-5-7-15(14)18(23)21(11)10-17(22)20-9-13-8-16(12(2)26-13)19(24)25-3/h4-8H,1,9-10H2,2-3H3,(H,20,22). The Hall–Kier alpha value is -3.35. The minimum Gasteiger partial charge on any atom is -0.465 e. The van der Waals surface area contributed by atoms with E-state index in [1.54, 1.807) is 25.1 Å². The number of carbonyl (C=O) groups is 3. The molecule has 0 atom stereocenters. The predicted molar refractivity (Wildman–Crippen MR) is 93.1 cm³/mol. The van der Waals surface area contributed by atoms with Crippen LogP contribution in [0, 0.1) is 6.92 Å². The molecule has 2 aromatic rings. The molecule has 1 aliphatic rings. The highest BCUT2D eigenvalue weighted by Gasteiger charge is 2.31. The van der Waals surface area contributed by atoms with Crippen LogP contribution in [0.2, 0.25) is 0 Å². The minimum absolute atomic E-state index is 0.0954. The molecule has 0 saturated heterocycles. The fourth-order valence-corrected chi connectivity index (χ4v) is 2.83. The minimum atomic E-state index is -0.499. The van der Waals surface area contributed by atoms with E-state index in [0.29, 0.717) is 28.3 Å². The Bertz CT molecular complexity index is 877. The van der Waals surface area contributed by atoms with E-state index in [0.717, 1.165) is 5.56 Å². The van der Waals surface area contributed by atoms with Gasteiger partial charge in [-0.25, -0.2) is 4.79 Å². The number of carbonyl (C=O) groups excluding carboxylic acids is 3. The summed E-state index contributed by atoms with van der Waals surface area (Å²) in [6.45, 7) is 5.49. The Labute approximate surface area is 150 Å². The highest BCUT2D eigenvalue weighted by Crippen LogP contribution is 2.30. The number of fused-ring (bicyclic) bond motifs is 1. The lowest BCUT2D eigenvalue weighted by Crippen LogP contribution is -2.36. The second-order valence-corrected chi connectivity index (χ2v) is 5.83. The van der Waals surface area contributed by atoms with Gasteiger partial charge in [0.25, 0.3) is 5.91 Å². The molecule has 0 saturated carbocycles. The fraction of sp³-hybridized carbons (Fsp3) is 0.211. The Morgan fingerprint density at radius 2 is 1.96 bits per heavy atom. The molecule has 3 rings (SSSR count). The topological polar surface area (TPSA) is 88.9 Å². The summed E-state index contributed by atoms with van der Waals surface area (Å²) in [5.74, 6) is -0.269. The molecule has 7 nitrogen and oxygen atoms in total. The monoisotopic (exact) mass is 354 g/mol. The van der Waals surface area contributed by atoms with Gasteiger partial charge in [-0.3, -0.25) is 14.5 Å². The van der Waals surface area contributed by atoms with Crippen molar-refractivity contribution in [1.82, 2.24) is 10.2 Å². The summed E-state index contributed by atoms with van der Waals surface area (Å²) in [6, 6.07) is 8.62. The van der Waals surface area contributed by atoms with E-state index in [1.165, 1.54) is 18.1 Å². The van der Waals surface area contributed by atoms with Crippen molar-refractivity contribution in [2.45, 2.75) is 13.5 Å². The van der Waals surface area contributed by atoms with Crippen molar-refractivity contribution in [1.29, 1.82) is 0 Å². The zero-order valence-corrected chi connectivity index (χ0v) is 14.5. The van der Waals surface area contributed by atoms with Crippen molar-refractivity contribution in [2.24, 2.45) is 0 Å². The quantitative estimate of drug-likeness (QED) is 0.831. The summed E-state index contributed by atoms with van der Waals surface area (Å²) in [5.41, 5.74) is 2.09. The molecular formula is C19H18N2O5. The SMILES string of the molecule is C=C1c2ccccc2C(=O)N1CC(=O)NCc1cc(C(=O)OC)c(C)o1. The number of furan rings is 1. The lowest BCUT2D eigenvalue weighted by molar-refractivity contribution is -0.121. The van der Waals surface area contributed by atoms with Crippen molar-refractivity contribution >= 4 is 23.5 Å². The maximum Gasteiger partial charge on any atom is 0.341 e. The molecule has 0 radical (unpaired) electrons. The van der Waals surface area contributed by atoms with Crippen LogP contribution in [0.5, 0.6) is 0 Å². The van der Waals surface area contributed by atoms with Crippen LogP contribution in [0.1, 0.15) is 37.8 Å². The smallest absolute Gasteiger partial charge is 0.341 e. The maximum absolute atomic E-state index is 12.4. The van der Waals surface area contributed by atoms with Crippen LogP contribution in [0.25, 0.3) is 5.70 Å². The molecule has 0 spiro atoms. The maximum atomic E-state index is 12.4. The molecule has 1 aromatic carbocycles. The first-order chi connectivity index (χ1) is 12.4. The van der Waals surface area contributed by atoms with Crippen LogP contribution in [-0.4, -0.2) is 36.3 Å². The Morgan fingerprint density at radius 3 is 2.62 bits per heavy atom. The first-order valence-corrected chi connectivity index (χ1v) is 7.97. The molecule has 2 heterocycles. The van der Waals surface area contributed by atoms with E-state index in [9.17, 15) is 14.4 Å². The van der Waals surface area contributed by atoms with Crippen LogP contribution in [0.15, 0.2) is 41.3 Å². The number of amides is 2. The van der Waals surface area contributed by atoms with Crippen molar-refractivity contribution in [3.8, 4) is 0 Å². The zero-order chi connectivity index (χ0) is 18.8. The summed E-state index contributed by atoms with van der Waals surface area (Å²) in [7, 11) is 1.29. The molecule has 1 aromatic heterocycles. The van der Waals surface area contributed by atoms with E-state index < -0.39 is 5.97 Å². The molecule has 1 N–H and O–H groups in total. The Morgan fingerprint density at radius 1 is 1.27 bits per heavy atom. The van der Waals surface area contributed by atoms with E-state index in [4.69, 9.17) is 4.42 Å². The summed E-state index contributed by atoms with van der Waals surface area (Å²) < 4.78 is 10.1. The van der Waals surface area contributed by atoms with Gasteiger partial charge in [-0.05, 0) is 19.1 Å². The third-order valence-corrected chi connectivity index (χ3v) is 4.17. The number of aryl methyl sites for hydroxylation is 1. The normalized spacial score (nSPS) is 12.9. The molecule has 134 valence electrons. The summed E-state index contributed by atoms with van der Waals surface area (Å²) >= 11 is 0. The lowest BCUT2D eigenvalue weighted by Gasteiger charge is -2.16. The molecule has 7 heteroatoms. The lowest BCUT2D eigenvalue weighted by atomic mass is 10.1. The number of nitrogens with one attached hydrogen (secondary N) is 1. The highest BCUT2D eigenvalue weighted by molar-refractivity contribution is 6.10. The van der Waals surface area contributed by atoms with Gasteiger partial charge in [0.15, 0.2) is 0 Å². The number of ether oxygens (including phenoxy) is 1. The van der Waals surface area contributed by atoms with Crippen molar-refractivity contribution in [3.63, 3.8) is 0 Å². The van der Waals surface area contributed by atoms with E-state index >= 15 is 0 Å². The van der Waals surface area contributed by atoms with E-state index in [1.807, 2.05) is 6.07 Å². The molecule has 2 amide bonds. The molecule has 26 heavy (non-hydrogen) atoms. The number of rotatable bonds is 5. The molecule has 1 aliphatic heterocycles. The number of hydrogen-bond acceptors (Lipinski definition) is 5. The first-order valence-electron chi connectivity index (χ1n) is 7.97. The molecule has 0 fully saturated rings. The molecule has 0 aliphatic carbocycles. The van der Waals surface area contributed by atoms with Crippen LogP contribution in [0.4, 0.5) is 0 Å². The summed E-state index contributed by atoms with van der Waals surface area (Å²) in [4.78, 5) is 37.5. The number of benzene rings is 1. The largest absolute Gasteiger partial charge is 0.465 e. The fourth-order valence-electron chi connectivity index (χ4n) is 2.83. The van der Waals surface area contributed by atoms with Gasteiger partial charge in [0, 0.05) is 16.8 Å². The third kappa shape index (κ3) is 3.11. The van der Waals surface area contributed by atoms with Gasteiger partial charge >= 0.3 is 5.97 Å².